The van der Waals surface area contributed by atoms with Crippen LogP contribution in [-0.4, -0.2) is 33.0 Å². The molecule has 2 heterocycles. The van der Waals surface area contributed by atoms with Crippen LogP contribution in [0, 0.1) is 5.82 Å². The highest BCUT2D eigenvalue weighted by Gasteiger charge is 2.21. The van der Waals surface area contributed by atoms with E-state index in [1.807, 2.05) is 30.3 Å². The Bertz CT molecular complexity index is 1140. The van der Waals surface area contributed by atoms with Crippen molar-refractivity contribution in [1.82, 2.24) is 20.0 Å². The van der Waals surface area contributed by atoms with Crippen LogP contribution in [0.1, 0.15) is 26.6 Å². The number of para-hydroxylation sites is 1. The molecule has 2 aromatic heterocycles. The molecule has 0 bridgehead atoms. The van der Waals surface area contributed by atoms with Gasteiger partial charge in [-0.3, -0.25) is 10.1 Å². The van der Waals surface area contributed by atoms with Crippen LogP contribution in [0.2, 0.25) is 0 Å². The predicted molar refractivity (Wildman–Crippen MR) is 111 cm³/mol. The Labute approximate surface area is 176 Å². The van der Waals surface area contributed by atoms with Crippen molar-refractivity contribution in [2.75, 3.05) is 12.4 Å². The maximum absolute atomic E-state index is 13.1. The van der Waals surface area contributed by atoms with Crippen molar-refractivity contribution in [3.05, 3.63) is 88.4 Å². The number of hydrogen-bond donors (Lipinski definition) is 1. The Hall–Kier alpha value is -3.43. The van der Waals surface area contributed by atoms with Crippen LogP contribution in [0.15, 0.2) is 60.8 Å². The predicted octanol–water partition coefficient (Wildman–Crippen LogP) is 3.85. The second kappa shape index (κ2) is 8.93. The summed E-state index contributed by atoms with van der Waals surface area (Å²) >= 11 is 1.35. The summed E-state index contributed by atoms with van der Waals surface area (Å²) in [5.74, 6) is -0.682. The van der Waals surface area contributed by atoms with Gasteiger partial charge in [-0.15, -0.1) is 16.4 Å². The van der Waals surface area contributed by atoms with Gasteiger partial charge < -0.3 is 4.74 Å². The highest BCUT2D eigenvalue weighted by Crippen LogP contribution is 2.23. The minimum Gasteiger partial charge on any atom is -0.378 e. The zero-order chi connectivity index (χ0) is 20.9. The van der Waals surface area contributed by atoms with Crippen molar-refractivity contribution in [3.63, 3.8) is 0 Å². The lowest BCUT2D eigenvalue weighted by molar-refractivity contribution is 0.101. The number of aromatic nitrogens is 4. The molecule has 0 spiro atoms. The van der Waals surface area contributed by atoms with Gasteiger partial charge in [0.25, 0.3) is 5.91 Å². The van der Waals surface area contributed by atoms with Gasteiger partial charge in [0.05, 0.1) is 12.3 Å². The molecule has 0 fully saturated rings. The number of thiazole rings is 1. The molecule has 4 aromatic rings. The third-order valence-electron chi connectivity index (χ3n) is 4.33. The molecule has 1 amide bonds. The Kier molecular flexibility index (Phi) is 5.92. The first-order valence-electron chi connectivity index (χ1n) is 9.13. The van der Waals surface area contributed by atoms with Crippen LogP contribution in [0.4, 0.5) is 9.52 Å². The number of methoxy groups -OCH3 is 1. The number of amides is 1. The summed E-state index contributed by atoms with van der Waals surface area (Å²) in [5.41, 5.74) is 2.47. The number of halogens is 1. The number of benzene rings is 2. The first kappa shape index (κ1) is 19.9. The maximum atomic E-state index is 13.1. The van der Waals surface area contributed by atoms with Crippen molar-refractivity contribution in [2.45, 2.75) is 13.0 Å². The van der Waals surface area contributed by atoms with Crippen LogP contribution < -0.4 is 5.32 Å². The topological polar surface area (TPSA) is 81.9 Å². The second-order valence-corrected chi connectivity index (χ2v) is 7.57. The average Bonchev–Trinajstić information content (AvgIpc) is 3.37. The number of anilines is 1. The van der Waals surface area contributed by atoms with E-state index in [9.17, 15) is 9.18 Å². The van der Waals surface area contributed by atoms with E-state index in [1.54, 1.807) is 30.1 Å². The monoisotopic (exact) mass is 423 g/mol. The second-order valence-electron chi connectivity index (χ2n) is 6.45. The fourth-order valence-electron chi connectivity index (χ4n) is 2.93. The number of ether oxygens (including phenoxy) is 1. The summed E-state index contributed by atoms with van der Waals surface area (Å²) in [6.07, 6.45) is 2.30. The van der Waals surface area contributed by atoms with E-state index in [2.05, 4.69) is 20.6 Å². The van der Waals surface area contributed by atoms with Gasteiger partial charge in [-0.2, -0.15) is 0 Å². The van der Waals surface area contributed by atoms with Gasteiger partial charge in [0.1, 0.15) is 11.5 Å². The minimum absolute atomic E-state index is 0.177. The molecule has 0 radical (unpaired) electrons. The molecule has 7 nitrogen and oxygen atoms in total. The lowest BCUT2D eigenvalue weighted by atomic mass is 10.1. The van der Waals surface area contributed by atoms with E-state index in [0.29, 0.717) is 17.2 Å². The Morgan fingerprint density at radius 2 is 1.93 bits per heavy atom. The average molecular weight is 423 g/mol. The van der Waals surface area contributed by atoms with Crippen molar-refractivity contribution >= 4 is 22.4 Å². The molecule has 0 saturated heterocycles. The zero-order valence-electron chi connectivity index (χ0n) is 16.1. The summed E-state index contributed by atoms with van der Waals surface area (Å²) in [6, 6.07) is 15.7. The van der Waals surface area contributed by atoms with Crippen LogP contribution in [-0.2, 0) is 17.8 Å². The summed E-state index contributed by atoms with van der Waals surface area (Å²) in [4.78, 5) is 18.0. The third-order valence-corrected chi connectivity index (χ3v) is 5.24. The van der Waals surface area contributed by atoms with Gasteiger partial charge in [-0.25, -0.2) is 14.1 Å². The van der Waals surface area contributed by atoms with Gasteiger partial charge in [-0.05, 0) is 29.8 Å². The number of carbonyl (C=O) groups is 1. The fraction of sp³-hybridized carbons (Fsp3) is 0.143. The van der Waals surface area contributed by atoms with Crippen molar-refractivity contribution in [3.8, 4) is 5.69 Å². The number of rotatable bonds is 7. The lowest BCUT2D eigenvalue weighted by Crippen LogP contribution is -2.15. The van der Waals surface area contributed by atoms with E-state index < -0.39 is 5.91 Å². The van der Waals surface area contributed by atoms with Crippen molar-refractivity contribution in [1.29, 1.82) is 0 Å². The summed E-state index contributed by atoms with van der Waals surface area (Å²) in [6.45, 7) is 0.179. The van der Waals surface area contributed by atoms with Gasteiger partial charge in [0.2, 0.25) is 0 Å². The number of carbonyl (C=O) groups excluding carboxylic acids is 1. The smallest absolute Gasteiger partial charge is 0.280 e. The number of nitrogens with one attached hydrogen (secondary N) is 1. The van der Waals surface area contributed by atoms with Gasteiger partial charge >= 0.3 is 0 Å². The van der Waals surface area contributed by atoms with Crippen LogP contribution in [0.3, 0.4) is 0 Å². The Balaban J connectivity index is 1.51. The molecule has 152 valence electrons. The molecule has 0 atom stereocenters. The van der Waals surface area contributed by atoms with Gasteiger partial charge in [-0.1, -0.05) is 35.5 Å². The normalized spacial score (nSPS) is 10.9. The molecule has 0 aliphatic carbocycles. The van der Waals surface area contributed by atoms with E-state index in [0.717, 1.165) is 16.1 Å². The molecule has 2 aromatic carbocycles. The quantitative estimate of drug-likeness (QED) is 0.488. The highest BCUT2D eigenvalue weighted by atomic mass is 32.1. The zero-order valence-corrected chi connectivity index (χ0v) is 16.9. The van der Waals surface area contributed by atoms with Gasteiger partial charge in [0.15, 0.2) is 10.8 Å². The largest absolute Gasteiger partial charge is 0.378 e. The van der Waals surface area contributed by atoms with E-state index in [-0.39, 0.29) is 18.1 Å². The first-order valence-corrected chi connectivity index (χ1v) is 9.95. The third kappa shape index (κ3) is 4.42. The molecule has 9 heteroatoms. The number of nitrogens with zero attached hydrogens (tertiary/aromatic N) is 4. The Morgan fingerprint density at radius 3 is 2.67 bits per heavy atom. The SMILES string of the molecule is COCc1c(C(=O)Nc2ncc(Cc3ccc(F)cc3)s2)nnn1-c1ccccc1. The molecule has 4 rings (SSSR count). The number of hydrogen-bond acceptors (Lipinski definition) is 6. The van der Waals surface area contributed by atoms with Crippen LogP contribution >= 0.6 is 11.3 Å². The van der Waals surface area contributed by atoms with Crippen molar-refractivity contribution in [2.24, 2.45) is 0 Å². The highest BCUT2D eigenvalue weighted by molar-refractivity contribution is 7.15. The van der Waals surface area contributed by atoms with E-state index >= 15 is 0 Å². The first-order chi connectivity index (χ1) is 14.6. The summed E-state index contributed by atoms with van der Waals surface area (Å²) < 4.78 is 19.9. The fourth-order valence-corrected chi connectivity index (χ4v) is 3.77. The molecule has 30 heavy (non-hydrogen) atoms. The van der Waals surface area contributed by atoms with E-state index in [4.69, 9.17) is 4.74 Å². The molecule has 1 N–H and O–H groups in total. The molecule has 0 aliphatic rings. The molecule has 0 aliphatic heterocycles. The van der Waals surface area contributed by atoms with Crippen LogP contribution in [0.5, 0.6) is 0 Å². The molecule has 0 unspecified atom stereocenters. The minimum atomic E-state index is -0.410. The maximum Gasteiger partial charge on any atom is 0.280 e. The van der Waals surface area contributed by atoms with E-state index in [1.165, 1.54) is 23.5 Å². The Morgan fingerprint density at radius 1 is 1.17 bits per heavy atom. The summed E-state index contributed by atoms with van der Waals surface area (Å²) in [7, 11) is 1.55. The lowest BCUT2D eigenvalue weighted by Gasteiger charge is -2.07. The molecule has 0 saturated carbocycles. The molecular weight excluding hydrogens is 405 g/mol. The summed E-state index contributed by atoms with van der Waals surface area (Å²) in [5, 5.41) is 11.4. The van der Waals surface area contributed by atoms with Crippen LogP contribution in [0.25, 0.3) is 5.69 Å². The standard InChI is InChI=1S/C21H18FN5O2S/c1-29-13-18-19(25-26-27(18)16-5-3-2-4-6-16)20(28)24-21-23-12-17(30-21)11-14-7-9-15(22)10-8-14/h2-10,12H,11,13H2,1H3,(H,23,24,28). The molecular formula is C21H18FN5O2S. The van der Waals surface area contributed by atoms with Gasteiger partial charge in [0, 0.05) is 24.6 Å². The van der Waals surface area contributed by atoms with Crippen molar-refractivity contribution < 1.29 is 13.9 Å².